The van der Waals surface area contributed by atoms with Gasteiger partial charge in [-0.1, -0.05) is 19.1 Å². The Morgan fingerprint density at radius 2 is 1.94 bits per heavy atom. The van der Waals surface area contributed by atoms with Crippen molar-refractivity contribution in [2.45, 2.75) is 32.2 Å². The number of halogens is 1. The van der Waals surface area contributed by atoms with Gasteiger partial charge in [0.2, 0.25) is 0 Å². The van der Waals surface area contributed by atoms with Gasteiger partial charge in [-0.05, 0) is 78.4 Å². The third-order valence-electron chi connectivity index (χ3n) is 3.74. The lowest BCUT2D eigenvalue weighted by Crippen LogP contribution is -2.35. The second-order valence-electron chi connectivity index (χ2n) is 4.92. The lowest BCUT2D eigenvalue weighted by atomic mass is 9.91. The van der Waals surface area contributed by atoms with Crippen LogP contribution in [0.5, 0.6) is 0 Å². The molecule has 1 fully saturated rings. The quantitative estimate of drug-likeness (QED) is 0.816. The molecule has 0 aromatic heterocycles. The van der Waals surface area contributed by atoms with Gasteiger partial charge in [0.25, 0.3) is 0 Å². The highest BCUT2D eigenvalue weighted by Crippen LogP contribution is 2.38. The molecule has 2 atom stereocenters. The summed E-state index contributed by atoms with van der Waals surface area (Å²) in [6.07, 6.45) is 4.03. The molecule has 0 bridgehead atoms. The van der Waals surface area contributed by atoms with Crippen LogP contribution in [0.2, 0.25) is 0 Å². The van der Waals surface area contributed by atoms with E-state index in [1.54, 1.807) is 0 Å². The van der Waals surface area contributed by atoms with Gasteiger partial charge in [0.05, 0.1) is 0 Å². The van der Waals surface area contributed by atoms with Crippen LogP contribution in [0.3, 0.4) is 0 Å². The molecule has 1 N–H and O–H groups in total. The molecule has 1 aromatic carbocycles. The first-order valence-corrected chi connectivity index (χ1v) is 7.20. The second-order valence-corrected chi connectivity index (χ2v) is 6.17. The van der Waals surface area contributed by atoms with Gasteiger partial charge >= 0.3 is 0 Å². The molecular weight excluding hydrogens is 309 g/mol. The first-order valence-electron chi connectivity index (χ1n) is 6.12. The summed E-state index contributed by atoms with van der Waals surface area (Å²) in [5.74, 6) is 1.78. The number of benzene rings is 1. The van der Waals surface area contributed by atoms with Crippen molar-refractivity contribution in [1.82, 2.24) is 5.32 Å². The van der Waals surface area contributed by atoms with Crippen molar-refractivity contribution in [3.8, 4) is 0 Å². The van der Waals surface area contributed by atoms with E-state index in [4.69, 9.17) is 0 Å². The van der Waals surface area contributed by atoms with Crippen LogP contribution < -0.4 is 5.32 Å². The van der Waals surface area contributed by atoms with Crippen LogP contribution in [-0.4, -0.2) is 13.1 Å². The molecule has 0 saturated heterocycles. The molecule has 0 heterocycles. The number of likely N-dealkylation sites (N-methyl/N-ethyl adjacent to an activating group) is 1. The molecule has 0 spiro atoms. The van der Waals surface area contributed by atoms with E-state index in [1.807, 2.05) is 0 Å². The Hall–Kier alpha value is -0.0900. The van der Waals surface area contributed by atoms with Gasteiger partial charge in [0, 0.05) is 9.61 Å². The van der Waals surface area contributed by atoms with Crippen LogP contribution >= 0.6 is 22.6 Å². The third kappa shape index (κ3) is 3.20. The minimum Gasteiger partial charge on any atom is -0.316 e. The Labute approximate surface area is 112 Å². The normalized spacial score (nSPS) is 19.4. The SMILES string of the molecule is CNC(Cc1ccc(I)cc1)C(C)C1CC1. The van der Waals surface area contributed by atoms with Crippen LogP contribution in [0.4, 0.5) is 0 Å². The predicted molar refractivity (Wildman–Crippen MR) is 77.6 cm³/mol. The summed E-state index contributed by atoms with van der Waals surface area (Å²) in [5.41, 5.74) is 1.45. The second kappa shape index (κ2) is 5.50. The minimum atomic E-state index is 0.632. The molecule has 1 saturated carbocycles. The number of rotatable bonds is 5. The first-order chi connectivity index (χ1) is 7.70. The fourth-order valence-electron chi connectivity index (χ4n) is 2.38. The maximum atomic E-state index is 3.48. The van der Waals surface area contributed by atoms with Crippen molar-refractivity contribution in [3.05, 3.63) is 33.4 Å². The third-order valence-corrected chi connectivity index (χ3v) is 4.46. The summed E-state index contributed by atoms with van der Waals surface area (Å²) in [4.78, 5) is 0. The molecular formula is C14H20IN. The maximum Gasteiger partial charge on any atom is 0.0133 e. The summed E-state index contributed by atoms with van der Waals surface area (Å²) < 4.78 is 1.32. The zero-order valence-electron chi connectivity index (χ0n) is 10.0. The van der Waals surface area contributed by atoms with Crippen LogP contribution in [0.15, 0.2) is 24.3 Å². The summed E-state index contributed by atoms with van der Waals surface area (Å²) in [5, 5.41) is 3.48. The zero-order valence-corrected chi connectivity index (χ0v) is 12.2. The molecule has 88 valence electrons. The van der Waals surface area contributed by atoms with Gasteiger partial charge < -0.3 is 5.32 Å². The Balaban J connectivity index is 1.97. The highest BCUT2D eigenvalue weighted by molar-refractivity contribution is 14.1. The Morgan fingerprint density at radius 1 is 1.31 bits per heavy atom. The Kier molecular flexibility index (Phi) is 4.25. The maximum absolute atomic E-state index is 3.48. The average molecular weight is 329 g/mol. The van der Waals surface area contributed by atoms with Gasteiger partial charge in [-0.2, -0.15) is 0 Å². The molecule has 16 heavy (non-hydrogen) atoms. The van der Waals surface area contributed by atoms with Crippen molar-refractivity contribution >= 4 is 22.6 Å². The Morgan fingerprint density at radius 3 is 2.44 bits per heavy atom. The first kappa shape index (κ1) is 12.4. The molecule has 1 aliphatic rings. The van der Waals surface area contributed by atoms with E-state index in [-0.39, 0.29) is 0 Å². The molecule has 2 heteroatoms. The summed E-state index contributed by atoms with van der Waals surface area (Å²) in [7, 11) is 2.09. The van der Waals surface area contributed by atoms with E-state index in [2.05, 4.69) is 66.1 Å². The van der Waals surface area contributed by atoms with Crippen molar-refractivity contribution in [1.29, 1.82) is 0 Å². The summed E-state index contributed by atoms with van der Waals surface area (Å²) in [6.45, 7) is 2.39. The predicted octanol–water partition coefficient (Wildman–Crippen LogP) is 3.47. The van der Waals surface area contributed by atoms with E-state index < -0.39 is 0 Å². The molecule has 0 radical (unpaired) electrons. The van der Waals surface area contributed by atoms with E-state index in [0.29, 0.717) is 6.04 Å². The van der Waals surface area contributed by atoms with Crippen molar-refractivity contribution < 1.29 is 0 Å². The van der Waals surface area contributed by atoms with Crippen LogP contribution in [0.25, 0.3) is 0 Å². The van der Waals surface area contributed by atoms with Crippen molar-refractivity contribution in [3.63, 3.8) is 0 Å². The largest absolute Gasteiger partial charge is 0.316 e. The van der Waals surface area contributed by atoms with Gasteiger partial charge in [-0.3, -0.25) is 0 Å². The molecule has 1 nitrogen and oxygen atoms in total. The summed E-state index contributed by atoms with van der Waals surface area (Å²) >= 11 is 2.36. The highest BCUT2D eigenvalue weighted by atomic mass is 127. The standard InChI is InChI=1S/C14H20IN/c1-10(12-5-6-12)14(16-2)9-11-3-7-13(15)8-4-11/h3-4,7-8,10,12,14,16H,5-6,9H2,1-2H3. The molecule has 2 rings (SSSR count). The molecule has 1 aliphatic carbocycles. The lowest BCUT2D eigenvalue weighted by Gasteiger charge is -2.23. The van der Waals surface area contributed by atoms with Crippen molar-refractivity contribution in [2.75, 3.05) is 7.05 Å². The van der Waals surface area contributed by atoms with Crippen molar-refractivity contribution in [2.24, 2.45) is 11.8 Å². The highest BCUT2D eigenvalue weighted by Gasteiger charge is 2.32. The topological polar surface area (TPSA) is 12.0 Å². The molecule has 0 aliphatic heterocycles. The monoisotopic (exact) mass is 329 g/mol. The number of hydrogen-bond acceptors (Lipinski definition) is 1. The summed E-state index contributed by atoms with van der Waals surface area (Å²) in [6, 6.07) is 9.54. The van der Waals surface area contributed by atoms with Gasteiger partial charge in [0.15, 0.2) is 0 Å². The van der Waals surface area contributed by atoms with Gasteiger partial charge in [-0.25, -0.2) is 0 Å². The van der Waals surface area contributed by atoms with E-state index in [0.717, 1.165) is 18.3 Å². The smallest absolute Gasteiger partial charge is 0.0133 e. The average Bonchev–Trinajstić information content (AvgIpc) is 3.11. The zero-order chi connectivity index (χ0) is 11.5. The van der Waals surface area contributed by atoms with E-state index in [1.165, 1.54) is 22.0 Å². The van der Waals surface area contributed by atoms with Gasteiger partial charge in [-0.15, -0.1) is 0 Å². The molecule has 2 unspecified atom stereocenters. The van der Waals surface area contributed by atoms with Crippen LogP contribution in [0, 0.1) is 15.4 Å². The Bertz CT molecular complexity index is 329. The number of nitrogens with one attached hydrogen (secondary N) is 1. The van der Waals surface area contributed by atoms with Gasteiger partial charge in [0.1, 0.15) is 0 Å². The van der Waals surface area contributed by atoms with E-state index >= 15 is 0 Å². The fraction of sp³-hybridized carbons (Fsp3) is 0.571. The fourth-order valence-corrected chi connectivity index (χ4v) is 2.74. The molecule has 0 amide bonds. The van der Waals surface area contributed by atoms with Crippen LogP contribution in [-0.2, 0) is 6.42 Å². The minimum absolute atomic E-state index is 0.632. The van der Waals surface area contributed by atoms with E-state index in [9.17, 15) is 0 Å². The molecule has 1 aromatic rings. The number of hydrogen-bond donors (Lipinski definition) is 1. The van der Waals surface area contributed by atoms with Crippen LogP contribution in [0.1, 0.15) is 25.3 Å². The lowest BCUT2D eigenvalue weighted by molar-refractivity contribution is 0.358.